The molecule has 4 N–H and O–H groups in total. The van der Waals surface area contributed by atoms with Crippen molar-refractivity contribution in [3.8, 4) is 0 Å². The zero-order valence-corrected chi connectivity index (χ0v) is 15.2. The van der Waals surface area contributed by atoms with Crippen molar-refractivity contribution < 1.29 is 23.5 Å². The number of hydrogen-bond donors (Lipinski definition) is 3. The molecular weight excluding hydrogens is 365 g/mol. The predicted octanol–water partition coefficient (Wildman–Crippen LogP) is 3.76. The van der Waals surface area contributed by atoms with Crippen LogP contribution in [-0.4, -0.2) is 28.3 Å². The minimum atomic E-state index is -2.08. The highest BCUT2D eigenvalue weighted by Gasteiger charge is 2.26. The Bertz CT molecular complexity index is 612. The van der Waals surface area contributed by atoms with Crippen molar-refractivity contribution in [3.63, 3.8) is 0 Å². The molecule has 5 nitrogen and oxygen atoms in total. The van der Waals surface area contributed by atoms with Crippen LogP contribution < -0.4 is 11.1 Å². The first-order chi connectivity index (χ1) is 10.7. The number of nitrogen functional groups attached to an aromatic ring is 1. The third-order valence-corrected chi connectivity index (χ3v) is 3.47. The Labute approximate surface area is 149 Å². The van der Waals surface area contributed by atoms with Gasteiger partial charge in [-0.2, -0.15) is 0 Å². The van der Waals surface area contributed by atoms with Crippen LogP contribution in [0.4, 0.5) is 14.5 Å². The fourth-order valence-corrected chi connectivity index (χ4v) is 1.57. The molecule has 0 unspecified atom stereocenters. The van der Waals surface area contributed by atoms with E-state index in [2.05, 4.69) is 5.32 Å². The number of alkyl halides is 2. The predicted molar refractivity (Wildman–Crippen MR) is 90.7 cm³/mol. The second-order valence-electron chi connectivity index (χ2n) is 5.87. The van der Waals surface area contributed by atoms with Crippen LogP contribution in [0, 0.1) is 0 Å². The number of nitrogens with one attached hydrogen (secondary N) is 1. The molecule has 9 heteroatoms. The summed E-state index contributed by atoms with van der Waals surface area (Å²) in [6, 6.07) is 3.21. The van der Waals surface area contributed by atoms with Crippen LogP contribution in [0.1, 0.15) is 33.3 Å². The van der Waals surface area contributed by atoms with Crippen molar-refractivity contribution >= 4 is 40.8 Å². The van der Waals surface area contributed by atoms with E-state index in [-0.39, 0.29) is 17.3 Å². The number of nitrogens with two attached hydrogens (primary N) is 1. The zero-order chi connectivity index (χ0) is 19.3. The Morgan fingerprint density at radius 3 is 2.00 bits per heavy atom. The quantitative estimate of drug-likeness (QED) is 0.689. The first-order valence-corrected chi connectivity index (χ1v) is 7.55. The number of benzene rings is 1. The third kappa shape index (κ3) is 7.31. The molecule has 0 fully saturated rings. The Morgan fingerprint density at radius 2 is 1.62 bits per heavy atom. The standard InChI is InChI=1S/C11H13Cl2FN2O.C4H7FO2/c1-11(2,14)10(17)16-5-6-3-4-7(12)9(15)8(6)13;1-4(2,5)3(6)7/h3-4H,5,15H2,1-2H3,(H,16,17);1-2H3,(H,6,7). The largest absolute Gasteiger partial charge is 0.479 e. The molecule has 0 aromatic heterocycles. The fourth-order valence-electron chi connectivity index (χ4n) is 1.14. The lowest BCUT2D eigenvalue weighted by atomic mass is 10.1. The van der Waals surface area contributed by atoms with Crippen LogP contribution in [-0.2, 0) is 16.1 Å². The maximum atomic E-state index is 13.2. The number of carboxylic acids is 1. The summed E-state index contributed by atoms with van der Waals surface area (Å²) in [4.78, 5) is 21.0. The molecule has 1 amide bonds. The van der Waals surface area contributed by atoms with Gasteiger partial charge in [-0.15, -0.1) is 0 Å². The number of amides is 1. The number of aliphatic carboxylic acids is 1. The van der Waals surface area contributed by atoms with Crippen molar-refractivity contribution in [2.75, 3.05) is 5.73 Å². The van der Waals surface area contributed by atoms with E-state index in [0.29, 0.717) is 10.6 Å². The van der Waals surface area contributed by atoms with Gasteiger partial charge in [0.25, 0.3) is 5.91 Å². The molecule has 0 atom stereocenters. The first-order valence-electron chi connectivity index (χ1n) is 6.79. The topological polar surface area (TPSA) is 92.4 Å². The smallest absolute Gasteiger partial charge is 0.340 e. The molecule has 0 aliphatic carbocycles. The van der Waals surface area contributed by atoms with Gasteiger partial charge in [0.15, 0.2) is 5.67 Å². The number of carboxylic acid groups (broad SMARTS) is 1. The number of carbonyl (C=O) groups is 2. The number of anilines is 1. The maximum Gasteiger partial charge on any atom is 0.340 e. The molecule has 24 heavy (non-hydrogen) atoms. The molecule has 0 aliphatic rings. The number of halogens is 4. The van der Waals surface area contributed by atoms with E-state index in [9.17, 15) is 18.4 Å². The third-order valence-electron chi connectivity index (χ3n) is 2.69. The average molecular weight is 385 g/mol. The minimum Gasteiger partial charge on any atom is -0.479 e. The highest BCUT2D eigenvalue weighted by atomic mass is 35.5. The van der Waals surface area contributed by atoms with Gasteiger partial charge in [0.05, 0.1) is 15.7 Å². The van der Waals surface area contributed by atoms with Crippen molar-refractivity contribution in [1.82, 2.24) is 5.32 Å². The Balaban J connectivity index is 0.000000640. The normalized spacial score (nSPS) is 11.3. The summed E-state index contributed by atoms with van der Waals surface area (Å²) in [7, 11) is 0. The fraction of sp³-hybridized carbons (Fsp3) is 0.467. The lowest BCUT2D eigenvalue weighted by Crippen LogP contribution is -2.38. The van der Waals surface area contributed by atoms with E-state index in [1.165, 1.54) is 13.8 Å². The Hall–Kier alpha value is -1.60. The van der Waals surface area contributed by atoms with Gasteiger partial charge < -0.3 is 16.2 Å². The van der Waals surface area contributed by atoms with E-state index in [1.807, 2.05) is 0 Å². The average Bonchev–Trinajstić information content (AvgIpc) is 2.42. The van der Waals surface area contributed by atoms with E-state index in [0.717, 1.165) is 13.8 Å². The van der Waals surface area contributed by atoms with Crippen LogP contribution in [0.15, 0.2) is 12.1 Å². The van der Waals surface area contributed by atoms with Crippen LogP contribution in [0.5, 0.6) is 0 Å². The number of rotatable bonds is 4. The summed E-state index contributed by atoms with van der Waals surface area (Å²) in [5, 5.41) is 10.9. The monoisotopic (exact) mass is 384 g/mol. The molecule has 136 valence electrons. The molecular formula is C15H20Cl2F2N2O3. The van der Waals surface area contributed by atoms with Gasteiger partial charge in [-0.3, -0.25) is 4.79 Å². The van der Waals surface area contributed by atoms with Gasteiger partial charge in [0.2, 0.25) is 5.67 Å². The molecule has 0 heterocycles. The molecule has 0 aliphatic heterocycles. The summed E-state index contributed by atoms with van der Waals surface area (Å²) in [6.45, 7) is 4.46. The summed E-state index contributed by atoms with van der Waals surface area (Å²) in [5.74, 6) is -2.13. The van der Waals surface area contributed by atoms with E-state index >= 15 is 0 Å². The zero-order valence-electron chi connectivity index (χ0n) is 13.7. The Morgan fingerprint density at radius 1 is 1.17 bits per heavy atom. The second-order valence-corrected chi connectivity index (χ2v) is 6.65. The summed E-state index contributed by atoms with van der Waals surface area (Å²) in [6.07, 6.45) is 0. The van der Waals surface area contributed by atoms with E-state index in [4.69, 9.17) is 34.0 Å². The van der Waals surface area contributed by atoms with Gasteiger partial charge >= 0.3 is 5.97 Å². The van der Waals surface area contributed by atoms with Crippen LogP contribution in [0.3, 0.4) is 0 Å². The summed E-state index contributed by atoms with van der Waals surface area (Å²) >= 11 is 11.7. The van der Waals surface area contributed by atoms with Crippen LogP contribution in [0.2, 0.25) is 10.0 Å². The van der Waals surface area contributed by atoms with Gasteiger partial charge in [-0.1, -0.05) is 29.3 Å². The Kier molecular flexibility index (Phi) is 7.92. The SMILES string of the molecule is CC(C)(F)C(=O)NCc1ccc(Cl)c(N)c1Cl.CC(C)(F)C(=O)O. The molecule has 1 aromatic carbocycles. The van der Waals surface area contributed by atoms with E-state index in [1.54, 1.807) is 12.1 Å². The van der Waals surface area contributed by atoms with Crippen molar-refractivity contribution in [3.05, 3.63) is 27.7 Å². The number of hydrogen-bond acceptors (Lipinski definition) is 3. The van der Waals surface area contributed by atoms with E-state index < -0.39 is 23.2 Å². The van der Waals surface area contributed by atoms with Gasteiger partial charge in [0, 0.05) is 6.54 Å². The van der Waals surface area contributed by atoms with Crippen molar-refractivity contribution in [2.45, 2.75) is 45.6 Å². The van der Waals surface area contributed by atoms with Gasteiger partial charge in [-0.25, -0.2) is 13.6 Å². The lowest BCUT2D eigenvalue weighted by Gasteiger charge is -2.15. The lowest BCUT2D eigenvalue weighted by molar-refractivity contribution is -0.148. The van der Waals surface area contributed by atoms with Crippen molar-refractivity contribution in [1.29, 1.82) is 0 Å². The first kappa shape index (κ1) is 22.4. The van der Waals surface area contributed by atoms with Gasteiger partial charge in [-0.05, 0) is 39.3 Å². The minimum absolute atomic E-state index is 0.104. The highest BCUT2D eigenvalue weighted by molar-refractivity contribution is 6.39. The van der Waals surface area contributed by atoms with Gasteiger partial charge in [0.1, 0.15) is 0 Å². The molecule has 0 saturated heterocycles. The number of carbonyl (C=O) groups excluding carboxylic acids is 1. The molecule has 0 spiro atoms. The molecule has 1 aromatic rings. The maximum absolute atomic E-state index is 13.2. The second kappa shape index (κ2) is 8.48. The summed E-state index contributed by atoms with van der Waals surface area (Å²) in [5.41, 5.74) is 2.45. The molecule has 0 saturated carbocycles. The molecule has 0 radical (unpaired) electrons. The van der Waals surface area contributed by atoms with Crippen LogP contribution in [0.25, 0.3) is 0 Å². The van der Waals surface area contributed by atoms with Crippen molar-refractivity contribution in [2.24, 2.45) is 0 Å². The molecule has 1 rings (SSSR count). The highest BCUT2D eigenvalue weighted by Crippen LogP contribution is 2.30. The van der Waals surface area contributed by atoms with Crippen LogP contribution >= 0.6 is 23.2 Å². The molecule has 0 bridgehead atoms. The summed E-state index contributed by atoms with van der Waals surface area (Å²) < 4.78 is 25.2.